The van der Waals surface area contributed by atoms with Crippen molar-refractivity contribution < 1.29 is 53.4 Å². The largest absolute Gasteiger partial charge is 0.493 e. The van der Waals surface area contributed by atoms with Gasteiger partial charge in [-0.1, -0.05) is 13.0 Å². The SMILES string of the molecule is COc1ccc2c3c1O[C@H]1C(OC(=O)[C@H](C)OC(=O)C[C@H](NC(=O)[C@H](C)O)C(=O)O)=CC[C@@]4(O)[C@@H](C2)C(C)CC[C@]314. The molecular weight excluding hydrogens is 538 g/mol. The minimum Gasteiger partial charge on any atom is -0.493 e. The molecule has 0 aromatic heterocycles. The van der Waals surface area contributed by atoms with Crippen molar-refractivity contribution in [3.8, 4) is 11.5 Å². The van der Waals surface area contributed by atoms with Crippen molar-refractivity contribution >= 4 is 23.8 Å². The molecule has 1 fully saturated rings. The van der Waals surface area contributed by atoms with Crippen LogP contribution in [-0.2, 0) is 40.5 Å². The maximum Gasteiger partial charge on any atom is 0.352 e. The molecule has 1 saturated carbocycles. The lowest BCUT2D eigenvalue weighted by Gasteiger charge is -2.61. The molecule has 1 aliphatic heterocycles. The lowest BCUT2D eigenvalue weighted by Crippen LogP contribution is -2.69. The minimum atomic E-state index is -1.66. The average Bonchev–Trinajstić information content (AvgIpc) is 3.27. The summed E-state index contributed by atoms with van der Waals surface area (Å²) in [6, 6.07) is 2.20. The van der Waals surface area contributed by atoms with E-state index < -0.39 is 65.6 Å². The summed E-state index contributed by atoms with van der Waals surface area (Å²) in [7, 11) is 1.54. The average molecular weight is 574 g/mol. The van der Waals surface area contributed by atoms with E-state index in [1.54, 1.807) is 13.2 Å². The molecule has 12 heteroatoms. The second kappa shape index (κ2) is 10.3. The number of carbonyl (C=O) groups is 4. The third-order valence-electron chi connectivity index (χ3n) is 9.16. The molecule has 0 radical (unpaired) electrons. The number of nitrogens with one attached hydrogen (secondary N) is 1. The van der Waals surface area contributed by atoms with Crippen LogP contribution in [0.2, 0.25) is 0 Å². The van der Waals surface area contributed by atoms with Crippen molar-refractivity contribution in [2.45, 2.75) is 88.2 Å². The summed E-state index contributed by atoms with van der Waals surface area (Å²) in [5.41, 5.74) is 0.0153. The Balaban J connectivity index is 1.35. The molecule has 1 spiro atoms. The van der Waals surface area contributed by atoms with Gasteiger partial charge in [-0.25, -0.2) is 9.59 Å². The van der Waals surface area contributed by atoms with Gasteiger partial charge in [0.15, 0.2) is 23.7 Å². The summed E-state index contributed by atoms with van der Waals surface area (Å²) >= 11 is 0. The lowest BCUT2D eigenvalue weighted by atomic mass is 9.45. The summed E-state index contributed by atoms with van der Waals surface area (Å²) in [5, 5.41) is 32.9. The Hall–Kier alpha value is -3.64. The van der Waals surface area contributed by atoms with E-state index in [0.29, 0.717) is 24.3 Å². The fourth-order valence-electron chi connectivity index (χ4n) is 7.12. The Morgan fingerprint density at radius 3 is 2.61 bits per heavy atom. The van der Waals surface area contributed by atoms with Crippen LogP contribution in [0.1, 0.15) is 57.6 Å². The highest BCUT2D eigenvalue weighted by Crippen LogP contribution is 2.68. The molecule has 8 atom stereocenters. The summed E-state index contributed by atoms with van der Waals surface area (Å²) in [6.45, 7) is 4.58. The number of aliphatic hydroxyl groups is 2. The van der Waals surface area contributed by atoms with Crippen LogP contribution < -0.4 is 14.8 Å². The number of esters is 2. The highest BCUT2D eigenvalue weighted by atomic mass is 16.6. The van der Waals surface area contributed by atoms with E-state index >= 15 is 0 Å². The number of aliphatic carboxylic acids is 1. The van der Waals surface area contributed by atoms with Crippen LogP contribution in [0.4, 0.5) is 0 Å². The van der Waals surface area contributed by atoms with Crippen LogP contribution in [0, 0.1) is 11.8 Å². The molecule has 4 aliphatic rings. The van der Waals surface area contributed by atoms with Crippen LogP contribution in [0.15, 0.2) is 24.0 Å². The summed E-state index contributed by atoms with van der Waals surface area (Å²) < 4.78 is 22.9. The van der Waals surface area contributed by atoms with E-state index in [9.17, 15) is 34.5 Å². The third kappa shape index (κ3) is 4.44. The van der Waals surface area contributed by atoms with Gasteiger partial charge in [0.25, 0.3) is 0 Å². The topological polar surface area (TPSA) is 178 Å². The minimum absolute atomic E-state index is 0.0148. The number of methoxy groups -OCH3 is 1. The number of hydrogen-bond donors (Lipinski definition) is 4. The Morgan fingerprint density at radius 2 is 1.95 bits per heavy atom. The van der Waals surface area contributed by atoms with E-state index in [1.807, 2.05) is 17.4 Å². The molecule has 1 aromatic rings. The zero-order valence-corrected chi connectivity index (χ0v) is 23.3. The van der Waals surface area contributed by atoms with Crippen molar-refractivity contribution in [3.05, 3.63) is 35.1 Å². The predicted molar refractivity (Wildman–Crippen MR) is 140 cm³/mol. The quantitative estimate of drug-likeness (QED) is 0.311. The van der Waals surface area contributed by atoms with Crippen molar-refractivity contribution in [2.24, 2.45) is 11.8 Å². The molecule has 2 bridgehead atoms. The molecule has 3 aliphatic carbocycles. The number of carboxylic acids is 1. The molecule has 222 valence electrons. The first-order valence-corrected chi connectivity index (χ1v) is 13.8. The van der Waals surface area contributed by atoms with Crippen molar-refractivity contribution in [2.75, 3.05) is 7.11 Å². The standard InChI is InChI=1S/C29H35NO11/c1-13-7-9-28-22-16-5-6-19(38-4)23(22)41-24(28)20(8-10-29(28,37)17(13)11-16)40-27(36)15(3)39-21(32)12-18(26(34)35)30-25(33)14(2)31/h5-6,8,13-15,17-18,24,31,37H,7,9-12H2,1-4H3,(H,30,33)(H,34,35)/t13?,14-,15-,17-,18-,24-,28-,29+/m0/s1. The Morgan fingerprint density at radius 1 is 1.22 bits per heavy atom. The first-order valence-electron chi connectivity index (χ1n) is 13.8. The number of amides is 1. The smallest absolute Gasteiger partial charge is 0.352 e. The highest BCUT2D eigenvalue weighted by Gasteiger charge is 2.72. The fraction of sp³-hybridized carbons (Fsp3) is 0.586. The van der Waals surface area contributed by atoms with Gasteiger partial charge in [-0.05, 0) is 69.1 Å². The number of carbonyl (C=O) groups excluding carboxylic acids is 3. The molecule has 12 nitrogen and oxygen atoms in total. The number of rotatable bonds is 9. The fourth-order valence-corrected chi connectivity index (χ4v) is 7.12. The highest BCUT2D eigenvalue weighted by molar-refractivity contribution is 5.89. The zero-order valence-electron chi connectivity index (χ0n) is 23.3. The van der Waals surface area contributed by atoms with Gasteiger partial charge in [0, 0.05) is 5.56 Å². The van der Waals surface area contributed by atoms with E-state index in [0.717, 1.165) is 24.5 Å². The Kier molecular flexibility index (Phi) is 7.27. The van der Waals surface area contributed by atoms with Gasteiger partial charge in [0.05, 0.1) is 24.5 Å². The molecule has 1 amide bonds. The monoisotopic (exact) mass is 573 g/mol. The van der Waals surface area contributed by atoms with Gasteiger partial charge in [0.1, 0.15) is 17.9 Å². The van der Waals surface area contributed by atoms with E-state index in [-0.39, 0.29) is 24.0 Å². The van der Waals surface area contributed by atoms with Crippen LogP contribution in [-0.4, -0.2) is 76.2 Å². The van der Waals surface area contributed by atoms with Crippen molar-refractivity contribution in [3.63, 3.8) is 0 Å². The predicted octanol–water partition coefficient (Wildman–Crippen LogP) is 1.13. The van der Waals surface area contributed by atoms with Crippen LogP contribution in [0.3, 0.4) is 0 Å². The number of ether oxygens (including phenoxy) is 4. The third-order valence-corrected chi connectivity index (χ3v) is 9.16. The van der Waals surface area contributed by atoms with Gasteiger partial charge < -0.3 is 39.6 Å². The van der Waals surface area contributed by atoms with Crippen LogP contribution in [0.25, 0.3) is 0 Å². The second-order valence-corrected chi connectivity index (χ2v) is 11.5. The van der Waals surface area contributed by atoms with Crippen molar-refractivity contribution in [1.82, 2.24) is 5.32 Å². The van der Waals surface area contributed by atoms with E-state index in [2.05, 4.69) is 6.92 Å². The molecule has 4 N–H and O–H groups in total. The van der Waals surface area contributed by atoms with Gasteiger partial charge in [0.2, 0.25) is 5.91 Å². The lowest BCUT2D eigenvalue weighted by molar-refractivity contribution is -0.176. The maximum absolute atomic E-state index is 13.1. The zero-order chi connectivity index (χ0) is 29.9. The molecule has 41 heavy (non-hydrogen) atoms. The Bertz CT molecular complexity index is 1320. The molecule has 1 unspecified atom stereocenters. The van der Waals surface area contributed by atoms with Crippen LogP contribution in [0.5, 0.6) is 11.5 Å². The van der Waals surface area contributed by atoms with E-state index in [1.165, 1.54) is 6.92 Å². The van der Waals surface area contributed by atoms with Crippen molar-refractivity contribution in [1.29, 1.82) is 0 Å². The van der Waals surface area contributed by atoms with Crippen LogP contribution >= 0.6 is 0 Å². The maximum atomic E-state index is 13.1. The first-order chi connectivity index (χ1) is 19.3. The van der Waals surface area contributed by atoms with Gasteiger partial charge in [-0.15, -0.1) is 0 Å². The summed E-state index contributed by atoms with van der Waals surface area (Å²) in [6.07, 6.45) is -0.381. The first kappa shape index (κ1) is 28.9. The molecule has 1 heterocycles. The summed E-state index contributed by atoms with van der Waals surface area (Å²) in [4.78, 5) is 48.6. The molecule has 0 saturated heterocycles. The van der Waals surface area contributed by atoms with E-state index in [4.69, 9.17) is 18.9 Å². The molecule has 5 rings (SSSR count). The number of carboxylic acid groups (broad SMARTS) is 1. The second-order valence-electron chi connectivity index (χ2n) is 11.5. The summed E-state index contributed by atoms with van der Waals surface area (Å²) in [5.74, 6) is -2.93. The normalized spacial score (nSPS) is 30.9. The number of aliphatic hydroxyl groups excluding tert-OH is 1. The van der Waals surface area contributed by atoms with Gasteiger partial charge in [-0.2, -0.15) is 0 Å². The Labute approximate surface area is 236 Å². The molecule has 1 aromatic carbocycles. The number of benzene rings is 1. The van der Waals surface area contributed by atoms with Gasteiger partial charge >= 0.3 is 17.9 Å². The molecular formula is C29H35NO11. The number of hydrogen-bond acceptors (Lipinski definition) is 10. The van der Waals surface area contributed by atoms with Gasteiger partial charge in [-0.3, -0.25) is 9.59 Å².